The van der Waals surface area contributed by atoms with E-state index in [1.54, 1.807) is 36.5 Å². The number of pyridine rings is 1. The van der Waals surface area contributed by atoms with E-state index in [9.17, 15) is 9.59 Å². The van der Waals surface area contributed by atoms with Gasteiger partial charge in [-0.3, -0.25) is 14.6 Å². The van der Waals surface area contributed by atoms with Gasteiger partial charge in [0.15, 0.2) is 5.78 Å². The number of ketones is 1. The molecule has 1 aromatic heterocycles. The van der Waals surface area contributed by atoms with Crippen LogP contribution in [0.5, 0.6) is 0 Å². The number of allylic oxidation sites excluding steroid dienone is 1. The quantitative estimate of drug-likeness (QED) is 0.680. The van der Waals surface area contributed by atoms with Crippen molar-refractivity contribution in [2.45, 2.75) is 13.8 Å². The average molecular weight is 294 g/mol. The van der Waals surface area contributed by atoms with Crippen LogP contribution >= 0.6 is 0 Å². The average Bonchev–Trinajstić information content (AvgIpc) is 2.69. The smallest absolute Gasteiger partial charge is 0.212 e. The van der Waals surface area contributed by atoms with E-state index in [0.29, 0.717) is 12.2 Å². The minimum atomic E-state index is -0.328. The number of nitrogens with zero attached hydrogens (tertiary/aromatic N) is 1. The first-order valence-corrected chi connectivity index (χ1v) is 7.14. The zero-order valence-electron chi connectivity index (χ0n) is 12.7. The Labute approximate surface area is 129 Å². The lowest BCUT2D eigenvalue weighted by Crippen LogP contribution is -2.15. The van der Waals surface area contributed by atoms with E-state index in [2.05, 4.69) is 10.3 Å². The van der Waals surface area contributed by atoms with Crippen molar-refractivity contribution in [2.24, 2.45) is 0 Å². The number of hydrogen-bond acceptors (Lipinski definition) is 4. The van der Waals surface area contributed by atoms with Crippen LogP contribution in [0.3, 0.4) is 0 Å². The lowest BCUT2D eigenvalue weighted by atomic mass is 10.1. The highest BCUT2D eigenvalue weighted by Gasteiger charge is 2.09. The second-order valence-electron chi connectivity index (χ2n) is 4.81. The number of nitrogens with one attached hydrogen (secondary N) is 1. The molecule has 1 heterocycles. The van der Waals surface area contributed by atoms with Crippen LogP contribution in [-0.2, 0) is 0 Å². The fourth-order valence-electron chi connectivity index (χ4n) is 2.04. The molecule has 0 unspecified atom stereocenters. The van der Waals surface area contributed by atoms with E-state index in [1.807, 2.05) is 26.0 Å². The monoisotopic (exact) mass is 294 g/mol. The van der Waals surface area contributed by atoms with E-state index in [0.717, 1.165) is 11.3 Å². The van der Waals surface area contributed by atoms with Gasteiger partial charge in [0.2, 0.25) is 5.43 Å². The Bertz CT molecular complexity index is 767. The molecule has 112 valence electrons. The van der Waals surface area contributed by atoms with Gasteiger partial charge in [-0.2, -0.15) is 0 Å². The fraction of sp³-hybridized carbons (Fsp3) is 0.167. The molecule has 22 heavy (non-hydrogen) atoms. The molecule has 4 heteroatoms. The van der Waals surface area contributed by atoms with E-state index in [4.69, 9.17) is 0 Å². The number of carbonyl (C=O) groups is 1. The van der Waals surface area contributed by atoms with Gasteiger partial charge in [-0.1, -0.05) is 18.2 Å². The molecule has 0 saturated heterocycles. The first-order valence-electron chi connectivity index (χ1n) is 7.14. The summed E-state index contributed by atoms with van der Waals surface area (Å²) in [6.07, 6.45) is 4.70. The van der Waals surface area contributed by atoms with Crippen LogP contribution in [-0.4, -0.2) is 17.3 Å². The molecule has 1 aromatic carbocycles. The minimum Gasteiger partial charge on any atom is -0.382 e. The highest BCUT2D eigenvalue weighted by atomic mass is 16.1. The van der Waals surface area contributed by atoms with Gasteiger partial charge in [0.1, 0.15) is 0 Å². The van der Waals surface area contributed by atoms with Crippen molar-refractivity contribution in [1.82, 2.24) is 4.98 Å². The first kappa shape index (κ1) is 15.6. The van der Waals surface area contributed by atoms with Crippen LogP contribution in [0, 0.1) is 6.92 Å². The third-order valence-electron chi connectivity index (χ3n) is 3.20. The standard InChI is InChI=1S/C18H18N2O2/c1-3-19-16-9-5-4-8-14(18(16)22)17(21)11-10-15-13(2)7-6-12-20-15/h4-12H,3H2,1-2H3,(H,19,22)/b11-10+. The molecule has 0 aliphatic rings. The second-order valence-corrected chi connectivity index (χ2v) is 4.81. The Morgan fingerprint density at radius 2 is 2.00 bits per heavy atom. The summed E-state index contributed by atoms with van der Waals surface area (Å²) in [6, 6.07) is 10.4. The molecule has 0 amide bonds. The van der Waals surface area contributed by atoms with Gasteiger partial charge in [-0.05, 0) is 49.8 Å². The summed E-state index contributed by atoms with van der Waals surface area (Å²) in [5.74, 6) is -0.328. The van der Waals surface area contributed by atoms with Crippen molar-refractivity contribution < 1.29 is 4.79 Å². The molecule has 0 bridgehead atoms. The Balaban J connectivity index is 2.35. The molecular formula is C18H18N2O2. The highest BCUT2D eigenvalue weighted by Crippen LogP contribution is 2.07. The molecule has 0 atom stereocenters. The summed E-state index contributed by atoms with van der Waals surface area (Å²) in [4.78, 5) is 28.8. The van der Waals surface area contributed by atoms with Crippen LogP contribution in [0.2, 0.25) is 0 Å². The Morgan fingerprint density at radius 3 is 2.73 bits per heavy atom. The largest absolute Gasteiger partial charge is 0.382 e. The van der Waals surface area contributed by atoms with Gasteiger partial charge in [-0.25, -0.2) is 0 Å². The topological polar surface area (TPSA) is 59.1 Å². The molecule has 2 aromatic rings. The van der Waals surface area contributed by atoms with Gasteiger partial charge >= 0.3 is 0 Å². The van der Waals surface area contributed by atoms with E-state index >= 15 is 0 Å². The Hall–Kier alpha value is -2.75. The SMILES string of the molecule is CCNc1ccccc(C(=O)/C=C/c2ncccc2C)c1=O. The lowest BCUT2D eigenvalue weighted by Gasteiger charge is -1.99. The van der Waals surface area contributed by atoms with Crippen molar-refractivity contribution in [3.05, 3.63) is 75.7 Å². The third-order valence-corrected chi connectivity index (χ3v) is 3.20. The van der Waals surface area contributed by atoms with Crippen LogP contribution in [0.1, 0.15) is 28.5 Å². The highest BCUT2D eigenvalue weighted by molar-refractivity contribution is 6.07. The zero-order chi connectivity index (χ0) is 15.9. The van der Waals surface area contributed by atoms with E-state index in [-0.39, 0.29) is 16.8 Å². The Kier molecular flexibility index (Phi) is 5.20. The van der Waals surface area contributed by atoms with Crippen LogP contribution < -0.4 is 10.7 Å². The van der Waals surface area contributed by atoms with Crippen molar-refractivity contribution in [2.75, 3.05) is 11.9 Å². The fourth-order valence-corrected chi connectivity index (χ4v) is 2.04. The van der Waals surface area contributed by atoms with Gasteiger partial charge in [-0.15, -0.1) is 0 Å². The van der Waals surface area contributed by atoms with Crippen LogP contribution in [0.25, 0.3) is 6.08 Å². The predicted molar refractivity (Wildman–Crippen MR) is 89.2 cm³/mol. The Morgan fingerprint density at radius 1 is 1.23 bits per heavy atom. The lowest BCUT2D eigenvalue weighted by molar-refractivity contribution is 0.104. The first-order chi connectivity index (χ1) is 10.6. The summed E-state index contributed by atoms with van der Waals surface area (Å²) in [7, 11) is 0. The summed E-state index contributed by atoms with van der Waals surface area (Å²) in [6.45, 7) is 4.44. The van der Waals surface area contributed by atoms with Gasteiger partial charge in [0.05, 0.1) is 16.9 Å². The maximum Gasteiger partial charge on any atom is 0.212 e. The summed E-state index contributed by atoms with van der Waals surface area (Å²) in [5, 5.41) is 2.97. The molecule has 0 aliphatic carbocycles. The summed E-state index contributed by atoms with van der Waals surface area (Å²) in [5.41, 5.74) is 1.97. The molecule has 1 N–H and O–H groups in total. The number of hydrogen-bond donors (Lipinski definition) is 1. The van der Waals surface area contributed by atoms with Crippen LogP contribution in [0.15, 0.2) is 53.5 Å². The van der Waals surface area contributed by atoms with Gasteiger partial charge in [0, 0.05) is 12.7 Å². The molecule has 0 radical (unpaired) electrons. The third kappa shape index (κ3) is 3.67. The van der Waals surface area contributed by atoms with Crippen molar-refractivity contribution in [3.63, 3.8) is 0 Å². The minimum absolute atomic E-state index is 0.144. The summed E-state index contributed by atoms with van der Waals surface area (Å²) < 4.78 is 0. The zero-order valence-corrected chi connectivity index (χ0v) is 12.7. The van der Waals surface area contributed by atoms with Crippen molar-refractivity contribution in [3.8, 4) is 0 Å². The number of rotatable bonds is 5. The second kappa shape index (κ2) is 7.31. The molecule has 0 aliphatic heterocycles. The van der Waals surface area contributed by atoms with E-state index < -0.39 is 0 Å². The molecule has 0 fully saturated rings. The predicted octanol–water partition coefficient (Wildman–Crippen LogP) is 3.08. The van der Waals surface area contributed by atoms with Gasteiger partial charge in [0.25, 0.3) is 0 Å². The molecule has 4 nitrogen and oxygen atoms in total. The number of anilines is 1. The van der Waals surface area contributed by atoms with Crippen LogP contribution in [0.4, 0.5) is 5.69 Å². The number of carbonyl (C=O) groups excluding carboxylic acids is 1. The maximum absolute atomic E-state index is 12.3. The maximum atomic E-state index is 12.3. The van der Waals surface area contributed by atoms with Crippen molar-refractivity contribution >= 4 is 17.5 Å². The number of aryl methyl sites for hydroxylation is 1. The summed E-state index contributed by atoms with van der Waals surface area (Å²) >= 11 is 0. The molecular weight excluding hydrogens is 276 g/mol. The normalized spacial score (nSPS) is 10.6. The van der Waals surface area contributed by atoms with Crippen molar-refractivity contribution in [1.29, 1.82) is 0 Å². The molecule has 0 saturated carbocycles. The molecule has 2 rings (SSSR count). The molecule has 0 spiro atoms. The number of aromatic nitrogens is 1. The van der Waals surface area contributed by atoms with Gasteiger partial charge < -0.3 is 5.32 Å². The van der Waals surface area contributed by atoms with E-state index in [1.165, 1.54) is 6.08 Å².